The number of nitrogens with zero attached hydrogens (tertiary/aromatic N) is 3. The van der Waals surface area contributed by atoms with Crippen molar-refractivity contribution < 1.29 is 4.42 Å². The van der Waals surface area contributed by atoms with Crippen LogP contribution in [0.25, 0.3) is 0 Å². The van der Waals surface area contributed by atoms with Crippen LogP contribution in [0.15, 0.2) is 38.6 Å². The maximum Gasteiger partial charge on any atom is 0.214 e. The van der Waals surface area contributed by atoms with Crippen LogP contribution >= 0.6 is 11.8 Å². The monoisotopic (exact) mass is 332 g/mol. The maximum absolute atomic E-state index is 5.58. The first kappa shape index (κ1) is 17.4. The van der Waals surface area contributed by atoms with Gasteiger partial charge in [-0.05, 0) is 37.8 Å². The van der Waals surface area contributed by atoms with Crippen LogP contribution in [0, 0.1) is 13.8 Å². The molecule has 5 nitrogen and oxygen atoms in total. The first-order valence-electron chi connectivity index (χ1n) is 7.51. The number of benzene rings is 1. The van der Waals surface area contributed by atoms with Gasteiger partial charge in [-0.1, -0.05) is 12.1 Å². The predicted molar refractivity (Wildman–Crippen MR) is 95.9 cm³/mol. The minimum atomic E-state index is 0.525. The van der Waals surface area contributed by atoms with Gasteiger partial charge in [0.2, 0.25) is 5.89 Å². The van der Waals surface area contributed by atoms with E-state index in [1.807, 2.05) is 20.9 Å². The van der Waals surface area contributed by atoms with E-state index in [1.165, 1.54) is 10.5 Å². The Kier molecular flexibility index (Phi) is 6.10. The maximum atomic E-state index is 5.58. The Balaban J connectivity index is 1.93. The van der Waals surface area contributed by atoms with Crippen LogP contribution in [0.1, 0.15) is 22.9 Å². The van der Waals surface area contributed by atoms with E-state index in [0.717, 1.165) is 24.0 Å². The lowest BCUT2D eigenvalue weighted by Crippen LogP contribution is -2.38. The second-order valence-electron chi connectivity index (χ2n) is 5.35. The molecule has 1 heterocycles. The van der Waals surface area contributed by atoms with Gasteiger partial charge in [-0.15, -0.1) is 11.8 Å². The minimum absolute atomic E-state index is 0.525. The largest absolute Gasteiger partial charge is 0.444 e. The van der Waals surface area contributed by atoms with Crippen molar-refractivity contribution in [3.05, 3.63) is 47.2 Å². The van der Waals surface area contributed by atoms with Crippen LogP contribution in [0.2, 0.25) is 0 Å². The molecule has 2 aromatic rings. The smallest absolute Gasteiger partial charge is 0.214 e. The zero-order chi connectivity index (χ0) is 16.8. The van der Waals surface area contributed by atoms with E-state index in [-0.39, 0.29) is 0 Å². The summed E-state index contributed by atoms with van der Waals surface area (Å²) >= 11 is 1.75. The first-order chi connectivity index (χ1) is 11.0. The summed E-state index contributed by atoms with van der Waals surface area (Å²) in [6, 6.07) is 8.58. The molecule has 0 saturated heterocycles. The quantitative estimate of drug-likeness (QED) is 0.517. The van der Waals surface area contributed by atoms with Gasteiger partial charge in [-0.25, -0.2) is 4.98 Å². The lowest BCUT2D eigenvalue weighted by Gasteiger charge is -2.21. The summed E-state index contributed by atoms with van der Waals surface area (Å²) in [5.74, 6) is 2.35. The SMILES string of the molecule is CN=C(NCc1nc(C)c(C)o1)N(C)Cc1ccc(SC)cc1. The van der Waals surface area contributed by atoms with E-state index in [1.54, 1.807) is 18.8 Å². The zero-order valence-corrected chi connectivity index (χ0v) is 15.2. The van der Waals surface area contributed by atoms with Crippen LogP contribution in [-0.4, -0.2) is 36.2 Å². The molecule has 124 valence electrons. The van der Waals surface area contributed by atoms with Gasteiger partial charge >= 0.3 is 0 Å². The fraction of sp³-hybridized carbons (Fsp3) is 0.412. The molecule has 1 aromatic heterocycles. The Labute approximate surface area is 142 Å². The molecular formula is C17H24N4OS. The average molecular weight is 332 g/mol. The first-order valence-corrected chi connectivity index (χ1v) is 8.73. The lowest BCUT2D eigenvalue weighted by molar-refractivity contribution is 0.443. The number of hydrogen-bond donors (Lipinski definition) is 1. The third-order valence-corrected chi connectivity index (χ3v) is 4.37. The molecule has 6 heteroatoms. The van der Waals surface area contributed by atoms with Gasteiger partial charge in [0.25, 0.3) is 0 Å². The standard InChI is InChI=1S/C17H24N4OS/c1-12-13(2)22-16(20-12)10-19-17(18-3)21(4)11-14-6-8-15(23-5)9-7-14/h6-9H,10-11H2,1-5H3,(H,18,19). The van der Waals surface area contributed by atoms with Gasteiger partial charge in [-0.3, -0.25) is 4.99 Å². The number of hydrogen-bond acceptors (Lipinski definition) is 4. The van der Waals surface area contributed by atoms with E-state index in [9.17, 15) is 0 Å². The van der Waals surface area contributed by atoms with Crippen molar-refractivity contribution in [2.75, 3.05) is 20.4 Å². The summed E-state index contributed by atoms with van der Waals surface area (Å²) in [7, 11) is 3.80. The summed E-state index contributed by atoms with van der Waals surface area (Å²) in [6.07, 6.45) is 2.08. The van der Waals surface area contributed by atoms with Gasteiger partial charge in [-0.2, -0.15) is 0 Å². The molecule has 0 unspecified atom stereocenters. The van der Waals surface area contributed by atoms with Gasteiger partial charge in [0.05, 0.1) is 12.2 Å². The summed E-state index contributed by atoms with van der Waals surface area (Å²) in [5.41, 5.74) is 2.18. The van der Waals surface area contributed by atoms with Crippen molar-refractivity contribution >= 4 is 17.7 Å². The van der Waals surface area contributed by atoms with Crippen molar-refractivity contribution in [1.29, 1.82) is 0 Å². The molecule has 0 saturated carbocycles. The topological polar surface area (TPSA) is 53.7 Å². The van der Waals surface area contributed by atoms with Gasteiger partial charge < -0.3 is 14.6 Å². The van der Waals surface area contributed by atoms with Crippen LogP contribution in [0.5, 0.6) is 0 Å². The number of thioether (sulfide) groups is 1. The molecule has 0 spiro atoms. The molecule has 0 aliphatic rings. The molecule has 23 heavy (non-hydrogen) atoms. The number of rotatable bonds is 5. The van der Waals surface area contributed by atoms with Crippen molar-refractivity contribution in [3.63, 3.8) is 0 Å². The number of aromatic nitrogens is 1. The highest BCUT2D eigenvalue weighted by Gasteiger charge is 2.10. The third-order valence-electron chi connectivity index (χ3n) is 3.62. The predicted octanol–water partition coefficient (Wildman–Crippen LogP) is 3.22. The number of oxazole rings is 1. The van der Waals surface area contributed by atoms with Gasteiger partial charge in [0, 0.05) is 25.5 Å². The molecule has 0 bridgehead atoms. The summed E-state index contributed by atoms with van der Waals surface area (Å²) < 4.78 is 5.58. The highest BCUT2D eigenvalue weighted by Crippen LogP contribution is 2.15. The molecule has 2 rings (SSSR count). The Bertz CT molecular complexity index is 644. The Morgan fingerprint density at radius 2 is 2.00 bits per heavy atom. The number of aryl methyl sites for hydroxylation is 2. The molecule has 0 fully saturated rings. The second-order valence-corrected chi connectivity index (χ2v) is 6.23. The molecule has 0 aliphatic heterocycles. The minimum Gasteiger partial charge on any atom is -0.444 e. The zero-order valence-electron chi connectivity index (χ0n) is 14.4. The Morgan fingerprint density at radius 1 is 1.30 bits per heavy atom. The molecule has 0 amide bonds. The number of nitrogens with one attached hydrogen (secondary N) is 1. The Hall–Kier alpha value is -1.95. The highest BCUT2D eigenvalue weighted by molar-refractivity contribution is 7.98. The molecule has 0 atom stereocenters. The normalized spacial score (nSPS) is 11.6. The van der Waals surface area contributed by atoms with E-state index in [4.69, 9.17) is 4.42 Å². The number of aliphatic imine (C=N–C) groups is 1. The summed E-state index contributed by atoms with van der Waals surface area (Å²) in [5, 5.41) is 3.28. The molecule has 0 aliphatic carbocycles. The third kappa shape index (κ3) is 4.76. The summed E-state index contributed by atoms with van der Waals surface area (Å²) in [4.78, 5) is 12.0. The van der Waals surface area contributed by atoms with Crippen LogP contribution in [-0.2, 0) is 13.1 Å². The van der Waals surface area contributed by atoms with Gasteiger partial charge in [0.1, 0.15) is 5.76 Å². The van der Waals surface area contributed by atoms with E-state index in [2.05, 4.69) is 50.7 Å². The van der Waals surface area contributed by atoms with E-state index >= 15 is 0 Å². The van der Waals surface area contributed by atoms with Crippen molar-refractivity contribution in [2.45, 2.75) is 31.8 Å². The molecular weight excluding hydrogens is 308 g/mol. The van der Waals surface area contributed by atoms with E-state index < -0.39 is 0 Å². The van der Waals surface area contributed by atoms with Crippen LogP contribution in [0.3, 0.4) is 0 Å². The molecule has 1 aromatic carbocycles. The molecule has 0 radical (unpaired) electrons. The second kappa shape index (κ2) is 8.06. The van der Waals surface area contributed by atoms with Crippen LogP contribution < -0.4 is 5.32 Å². The lowest BCUT2D eigenvalue weighted by atomic mass is 10.2. The fourth-order valence-electron chi connectivity index (χ4n) is 2.23. The number of guanidine groups is 1. The summed E-state index contributed by atoms with van der Waals surface area (Å²) in [6.45, 7) is 5.18. The fourth-order valence-corrected chi connectivity index (χ4v) is 2.64. The highest BCUT2D eigenvalue weighted by atomic mass is 32.2. The van der Waals surface area contributed by atoms with Gasteiger partial charge in [0.15, 0.2) is 5.96 Å². The van der Waals surface area contributed by atoms with E-state index in [0.29, 0.717) is 12.4 Å². The Morgan fingerprint density at radius 3 is 2.52 bits per heavy atom. The van der Waals surface area contributed by atoms with Crippen LogP contribution in [0.4, 0.5) is 0 Å². The van der Waals surface area contributed by atoms with Crippen molar-refractivity contribution in [1.82, 2.24) is 15.2 Å². The van der Waals surface area contributed by atoms with Crippen molar-refractivity contribution in [3.8, 4) is 0 Å². The average Bonchev–Trinajstić information content (AvgIpc) is 2.87. The van der Waals surface area contributed by atoms with Crippen molar-refractivity contribution in [2.24, 2.45) is 4.99 Å². The molecule has 1 N–H and O–H groups in total.